The smallest absolute Gasteiger partial charge is 0.0703 e. The molecule has 4 nitrogen and oxygen atoms in total. The summed E-state index contributed by atoms with van der Waals surface area (Å²) in [6.07, 6.45) is 4.07. The maximum Gasteiger partial charge on any atom is 0.0703 e. The van der Waals surface area contributed by atoms with E-state index in [4.69, 9.17) is 10.5 Å². The molecule has 2 bridgehead atoms. The van der Waals surface area contributed by atoms with Gasteiger partial charge in [-0.1, -0.05) is 0 Å². The van der Waals surface area contributed by atoms with Crippen LogP contribution in [0.15, 0.2) is 0 Å². The van der Waals surface area contributed by atoms with Crippen LogP contribution < -0.4 is 5.73 Å². The van der Waals surface area contributed by atoms with Crippen molar-refractivity contribution in [1.82, 2.24) is 9.80 Å². The number of nitrogens with zero attached hydrogens (tertiary/aromatic N) is 2. The summed E-state index contributed by atoms with van der Waals surface area (Å²) in [5, 5.41) is 0. The lowest BCUT2D eigenvalue weighted by Crippen LogP contribution is -2.64. The average molecular weight is 253 g/mol. The molecule has 0 spiro atoms. The van der Waals surface area contributed by atoms with E-state index in [1.165, 1.54) is 32.5 Å². The van der Waals surface area contributed by atoms with Crippen molar-refractivity contribution < 1.29 is 4.74 Å². The highest BCUT2D eigenvalue weighted by Gasteiger charge is 2.50. The number of rotatable bonds is 3. The van der Waals surface area contributed by atoms with Gasteiger partial charge in [0, 0.05) is 31.3 Å². The van der Waals surface area contributed by atoms with Crippen LogP contribution in [0.1, 0.15) is 26.2 Å². The quantitative estimate of drug-likeness (QED) is 0.796. The molecule has 0 amide bonds. The van der Waals surface area contributed by atoms with E-state index >= 15 is 0 Å². The fourth-order valence-electron chi connectivity index (χ4n) is 4.47. The summed E-state index contributed by atoms with van der Waals surface area (Å²) >= 11 is 0. The standard InChI is InChI=1S/C14H27N3O/c1-11-13(4-8-18-11)16(2)14(10-15)5-7-17-6-3-12(14)9-17/h11-13H,3-10,15H2,1-2H3. The molecule has 0 aromatic rings. The molecule has 0 aromatic heterocycles. The van der Waals surface area contributed by atoms with Crippen LogP contribution in [-0.4, -0.2) is 67.3 Å². The maximum atomic E-state index is 6.24. The summed E-state index contributed by atoms with van der Waals surface area (Å²) in [6.45, 7) is 7.67. The summed E-state index contributed by atoms with van der Waals surface area (Å²) in [4.78, 5) is 5.19. The number of hydrogen-bond acceptors (Lipinski definition) is 4. The lowest BCUT2D eigenvalue weighted by molar-refractivity contribution is -0.0230. The van der Waals surface area contributed by atoms with Gasteiger partial charge in [0.25, 0.3) is 0 Å². The molecule has 2 N–H and O–H groups in total. The minimum atomic E-state index is 0.222. The van der Waals surface area contributed by atoms with Crippen molar-refractivity contribution in [2.24, 2.45) is 11.7 Å². The Balaban J connectivity index is 1.81. The van der Waals surface area contributed by atoms with Crippen LogP contribution in [0.4, 0.5) is 0 Å². The predicted molar refractivity (Wildman–Crippen MR) is 72.5 cm³/mol. The zero-order valence-corrected chi connectivity index (χ0v) is 11.8. The second-order valence-corrected chi connectivity index (χ2v) is 6.39. The van der Waals surface area contributed by atoms with E-state index in [-0.39, 0.29) is 5.54 Å². The highest BCUT2D eigenvalue weighted by Crippen LogP contribution is 2.41. The molecule has 3 saturated heterocycles. The lowest BCUT2D eigenvalue weighted by Gasteiger charge is -2.51. The number of fused-ring (bicyclic) bond motifs is 2. The first-order valence-electron chi connectivity index (χ1n) is 7.44. The molecule has 5 atom stereocenters. The van der Waals surface area contributed by atoms with E-state index in [1.807, 2.05) is 0 Å². The fourth-order valence-corrected chi connectivity index (χ4v) is 4.47. The molecule has 5 unspecified atom stereocenters. The van der Waals surface area contributed by atoms with Crippen LogP contribution in [0.3, 0.4) is 0 Å². The Bertz CT molecular complexity index is 311. The van der Waals surface area contributed by atoms with Crippen molar-refractivity contribution in [2.45, 2.75) is 43.9 Å². The van der Waals surface area contributed by atoms with E-state index in [0.717, 1.165) is 25.5 Å². The van der Waals surface area contributed by atoms with Gasteiger partial charge in [-0.3, -0.25) is 4.90 Å². The molecule has 3 heterocycles. The van der Waals surface area contributed by atoms with Crippen molar-refractivity contribution in [3.63, 3.8) is 0 Å². The number of nitrogens with two attached hydrogens (primary N) is 1. The van der Waals surface area contributed by atoms with Crippen LogP contribution >= 0.6 is 0 Å². The molecule has 18 heavy (non-hydrogen) atoms. The van der Waals surface area contributed by atoms with Crippen molar-refractivity contribution in [3.8, 4) is 0 Å². The summed E-state index contributed by atoms with van der Waals surface area (Å²) in [7, 11) is 2.29. The van der Waals surface area contributed by atoms with Gasteiger partial charge in [0.15, 0.2) is 0 Å². The van der Waals surface area contributed by atoms with Crippen molar-refractivity contribution >= 4 is 0 Å². The minimum Gasteiger partial charge on any atom is -0.377 e. The van der Waals surface area contributed by atoms with Gasteiger partial charge in [-0.15, -0.1) is 0 Å². The molecule has 0 radical (unpaired) electrons. The predicted octanol–water partition coefficient (Wildman–Crippen LogP) is 0.519. The topological polar surface area (TPSA) is 41.7 Å². The van der Waals surface area contributed by atoms with Gasteiger partial charge in [-0.25, -0.2) is 0 Å². The molecule has 104 valence electrons. The molecule has 0 aromatic carbocycles. The normalized spacial score (nSPS) is 48.0. The van der Waals surface area contributed by atoms with E-state index in [1.54, 1.807) is 0 Å². The van der Waals surface area contributed by atoms with Crippen molar-refractivity contribution in [3.05, 3.63) is 0 Å². The van der Waals surface area contributed by atoms with Crippen LogP contribution in [-0.2, 0) is 4.74 Å². The zero-order chi connectivity index (χ0) is 12.8. The largest absolute Gasteiger partial charge is 0.377 e. The number of piperidine rings is 1. The third-order valence-electron chi connectivity index (χ3n) is 5.78. The first-order chi connectivity index (χ1) is 8.67. The number of hydrogen-bond donors (Lipinski definition) is 1. The van der Waals surface area contributed by atoms with Gasteiger partial charge >= 0.3 is 0 Å². The molecule has 4 heteroatoms. The molecule has 3 fully saturated rings. The first kappa shape index (κ1) is 12.9. The molecule has 3 rings (SSSR count). The molecule has 0 saturated carbocycles. The third kappa shape index (κ3) is 1.82. The third-order valence-corrected chi connectivity index (χ3v) is 5.78. The SMILES string of the molecule is CC1OCCC1N(C)C1(CN)CCN2CCC1C2. The van der Waals surface area contributed by atoms with Crippen molar-refractivity contribution in [2.75, 3.05) is 39.8 Å². The molecule has 0 aliphatic carbocycles. The van der Waals surface area contributed by atoms with Gasteiger partial charge in [0.05, 0.1) is 6.10 Å². The Morgan fingerprint density at radius 3 is 2.89 bits per heavy atom. The van der Waals surface area contributed by atoms with Crippen LogP contribution in [0.2, 0.25) is 0 Å². The highest BCUT2D eigenvalue weighted by atomic mass is 16.5. The van der Waals surface area contributed by atoms with Gasteiger partial charge < -0.3 is 15.4 Å². The number of likely N-dealkylation sites (N-methyl/N-ethyl adjacent to an activating group) is 1. The average Bonchev–Trinajstić information content (AvgIpc) is 2.97. The molecule has 3 aliphatic heterocycles. The Kier molecular flexibility index (Phi) is 3.39. The molecular weight excluding hydrogens is 226 g/mol. The molecular formula is C14H27N3O. The van der Waals surface area contributed by atoms with Gasteiger partial charge in [0.2, 0.25) is 0 Å². The first-order valence-corrected chi connectivity index (χ1v) is 7.44. The molecule has 3 aliphatic rings. The fraction of sp³-hybridized carbons (Fsp3) is 1.00. The van der Waals surface area contributed by atoms with Crippen LogP contribution in [0.25, 0.3) is 0 Å². The van der Waals surface area contributed by atoms with Crippen molar-refractivity contribution in [1.29, 1.82) is 0 Å². The van der Waals surface area contributed by atoms with E-state index < -0.39 is 0 Å². The van der Waals surface area contributed by atoms with E-state index in [2.05, 4.69) is 23.8 Å². The Morgan fingerprint density at radius 2 is 2.22 bits per heavy atom. The number of ether oxygens (including phenoxy) is 1. The monoisotopic (exact) mass is 253 g/mol. The van der Waals surface area contributed by atoms with Gasteiger partial charge in [0.1, 0.15) is 0 Å². The van der Waals surface area contributed by atoms with Crippen LogP contribution in [0.5, 0.6) is 0 Å². The minimum absolute atomic E-state index is 0.222. The second-order valence-electron chi connectivity index (χ2n) is 6.39. The maximum absolute atomic E-state index is 6.24. The Hall–Kier alpha value is -0.160. The summed E-state index contributed by atoms with van der Waals surface area (Å²) in [5.41, 5.74) is 6.46. The van der Waals surface area contributed by atoms with Crippen LogP contribution in [0, 0.1) is 5.92 Å². The second kappa shape index (κ2) is 4.75. The summed E-state index contributed by atoms with van der Waals surface area (Å²) in [6, 6.07) is 0.556. The highest BCUT2D eigenvalue weighted by molar-refractivity contribution is 5.06. The van der Waals surface area contributed by atoms with E-state index in [9.17, 15) is 0 Å². The Morgan fingerprint density at radius 1 is 1.39 bits per heavy atom. The Labute approximate surface area is 110 Å². The lowest BCUT2D eigenvalue weighted by atomic mass is 9.76. The van der Waals surface area contributed by atoms with Gasteiger partial charge in [-0.05, 0) is 52.2 Å². The summed E-state index contributed by atoms with van der Waals surface area (Å²) < 4.78 is 5.75. The summed E-state index contributed by atoms with van der Waals surface area (Å²) in [5.74, 6) is 0.758. The van der Waals surface area contributed by atoms with Gasteiger partial charge in [-0.2, -0.15) is 0 Å². The zero-order valence-electron chi connectivity index (χ0n) is 11.8. The van der Waals surface area contributed by atoms with E-state index in [0.29, 0.717) is 12.1 Å².